The van der Waals surface area contributed by atoms with E-state index in [-0.39, 0.29) is 19.0 Å². The maximum absolute atomic E-state index is 12.0. The van der Waals surface area contributed by atoms with Gasteiger partial charge >= 0.3 is 0 Å². The van der Waals surface area contributed by atoms with Crippen molar-refractivity contribution in [1.29, 1.82) is 0 Å². The van der Waals surface area contributed by atoms with Crippen molar-refractivity contribution in [3.8, 4) is 0 Å². The summed E-state index contributed by atoms with van der Waals surface area (Å²) in [6.45, 7) is 0.308. The van der Waals surface area contributed by atoms with Gasteiger partial charge in [0.05, 0.1) is 17.8 Å². The van der Waals surface area contributed by atoms with E-state index in [1.54, 1.807) is 18.3 Å². The molecule has 1 aromatic heterocycles. The van der Waals surface area contributed by atoms with E-state index in [0.717, 1.165) is 0 Å². The molecule has 1 aliphatic heterocycles. The molecule has 1 aromatic rings. The van der Waals surface area contributed by atoms with Gasteiger partial charge in [-0.1, -0.05) is 0 Å². The van der Waals surface area contributed by atoms with Gasteiger partial charge < -0.3 is 15.1 Å². The number of aliphatic hydroxyl groups excluding tert-OH is 2. The van der Waals surface area contributed by atoms with Crippen molar-refractivity contribution >= 4 is 21.8 Å². The van der Waals surface area contributed by atoms with E-state index in [1.165, 1.54) is 4.90 Å². The van der Waals surface area contributed by atoms with Crippen LogP contribution in [0.5, 0.6) is 0 Å². The predicted molar refractivity (Wildman–Crippen MR) is 59.9 cm³/mol. The molecule has 0 radical (unpaired) electrons. The first-order chi connectivity index (χ1) is 7.59. The van der Waals surface area contributed by atoms with Crippen LogP contribution in [-0.4, -0.2) is 51.3 Å². The van der Waals surface area contributed by atoms with Crippen molar-refractivity contribution in [1.82, 2.24) is 9.88 Å². The standard InChI is InChI=1S/C10H11BrN2O3/c11-9-6(2-1-3-12-9)10(16)13-4-7(14)8(15)5-13/h1-3,7-8,14-15H,4-5H2/t7-,8+. The van der Waals surface area contributed by atoms with Crippen LogP contribution in [0, 0.1) is 0 Å². The number of pyridine rings is 1. The number of aliphatic hydroxyl groups is 2. The molecule has 0 saturated carbocycles. The van der Waals surface area contributed by atoms with E-state index in [1.807, 2.05) is 0 Å². The third kappa shape index (κ3) is 2.09. The van der Waals surface area contributed by atoms with Gasteiger partial charge in [0.1, 0.15) is 4.60 Å². The zero-order valence-corrected chi connectivity index (χ0v) is 9.96. The molecule has 1 aliphatic rings. The Labute approximate surface area is 101 Å². The number of amides is 1. The topological polar surface area (TPSA) is 73.7 Å². The van der Waals surface area contributed by atoms with E-state index in [9.17, 15) is 15.0 Å². The maximum Gasteiger partial charge on any atom is 0.256 e. The van der Waals surface area contributed by atoms with Crippen molar-refractivity contribution in [3.63, 3.8) is 0 Å². The molecule has 1 saturated heterocycles. The van der Waals surface area contributed by atoms with Crippen LogP contribution in [0.15, 0.2) is 22.9 Å². The lowest BCUT2D eigenvalue weighted by Crippen LogP contribution is -2.30. The van der Waals surface area contributed by atoms with Gasteiger partial charge in [0.25, 0.3) is 5.91 Å². The third-order valence-corrected chi connectivity index (χ3v) is 3.17. The van der Waals surface area contributed by atoms with Crippen LogP contribution in [0.2, 0.25) is 0 Å². The number of nitrogens with zero attached hydrogens (tertiary/aromatic N) is 2. The lowest BCUT2D eigenvalue weighted by molar-refractivity contribution is 0.0572. The molecular weight excluding hydrogens is 276 g/mol. The fourth-order valence-corrected chi connectivity index (χ4v) is 2.07. The monoisotopic (exact) mass is 286 g/mol. The van der Waals surface area contributed by atoms with E-state index in [4.69, 9.17) is 0 Å². The number of carbonyl (C=O) groups excluding carboxylic acids is 1. The summed E-state index contributed by atoms with van der Waals surface area (Å²) in [5, 5.41) is 18.7. The van der Waals surface area contributed by atoms with Gasteiger partial charge in [-0.3, -0.25) is 4.79 Å². The van der Waals surface area contributed by atoms with Crippen LogP contribution in [0.3, 0.4) is 0 Å². The summed E-state index contributed by atoms with van der Waals surface area (Å²) in [5.41, 5.74) is 0.434. The van der Waals surface area contributed by atoms with Crippen LogP contribution >= 0.6 is 15.9 Å². The zero-order valence-electron chi connectivity index (χ0n) is 8.38. The van der Waals surface area contributed by atoms with Gasteiger partial charge in [0.2, 0.25) is 0 Å². The molecule has 0 bridgehead atoms. The van der Waals surface area contributed by atoms with Crippen molar-refractivity contribution in [2.24, 2.45) is 0 Å². The summed E-state index contributed by atoms with van der Waals surface area (Å²) in [4.78, 5) is 17.4. The van der Waals surface area contributed by atoms with Gasteiger partial charge in [-0.2, -0.15) is 0 Å². The molecule has 0 spiro atoms. The second-order valence-electron chi connectivity index (χ2n) is 3.69. The highest BCUT2D eigenvalue weighted by molar-refractivity contribution is 9.10. The molecule has 5 nitrogen and oxygen atoms in total. The smallest absolute Gasteiger partial charge is 0.256 e. The molecule has 2 rings (SSSR count). The van der Waals surface area contributed by atoms with E-state index < -0.39 is 12.2 Å². The minimum atomic E-state index is -0.862. The minimum Gasteiger partial charge on any atom is -0.388 e. The van der Waals surface area contributed by atoms with Crippen molar-refractivity contribution in [2.45, 2.75) is 12.2 Å². The average Bonchev–Trinajstić information content (AvgIpc) is 2.59. The number of likely N-dealkylation sites (tertiary alicyclic amines) is 1. The van der Waals surface area contributed by atoms with Gasteiger partial charge in [-0.25, -0.2) is 4.98 Å². The Balaban J connectivity index is 2.18. The summed E-state index contributed by atoms with van der Waals surface area (Å²) in [6.07, 6.45) is -0.145. The van der Waals surface area contributed by atoms with Crippen LogP contribution in [0.4, 0.5) is 0 Å². The molecule has 1 amide bonds. The molecule has 6 heteroatoms. The van der Waals surface area contributed by atoms with Crippen LogP contribution in [0.25, 0.3) is 0 Å². The van der Waals surface area contributed by atoms with Crippen molar-refractivity contribution in [3.05, 3.63) is 28.5 Å². The van der Waals surface area contributed by atoms with Crippen molar-refractivity contribution in [2.75, 3.05) is 13.1 Å². The fourth-order valence-electron chi connectivity index (χ4n) is 1.65. The van der Waals surface area contributed by atoms with E-state index >= 15 is 0 Å². The normalized spacial score (nSPS) is 24.8. The summed E-state index contributed by atoms with van der Waals surface area (Å²) < 4.78 is 0.468. The number of β-amino-alcohol motifs (C(OH)–C–C–N with tert-alkyl or cyclic N) is 2. The van der Waals surface area contributed by atoms with Gasteiger partial charge in [0, 0.05) is 19.3 Å². The molecule has 1 fully saturated rings. The van der Waals surface area contributed by atoms with E-state index in [2.05, 4.69) is 20.9 Å². The highest BCUT2D eigenvalue weighted by Gasteiger charge is 2.33. The third-order valence-electron chi connectivity index (χ3n) is 2.54. The zero-order chi connectivity index (χ0) is 11.7. The molecule has 16 heavy (non-hydrogen) atoms. The Morgan fingerprint density at radius 1 is 1.44 bits per heavy atom. The second kappa shape index (κ2) is 4.48. The van der Waals surface area contributed by atoms with E-state index in [0.29, 0.717) is 10.2 Å². The SMILES string of the molecule is O=C(c1cccnc1Br)N1C[C@@H](O)[C@@H](O)C1. The maximum atomic E-state index is 12.0. The summed E-state index contributed by atoms with van der Waals surface area (Å²) in [6, 6.07) is 3.32. The number of hydrogen-bond donors (Lipinski definition) is 2. The molecule has 2 atom stereocenters. The van der Waals surface area contributed by atoms with Gasteiger partial charge in [0.15, 0.2) is 0 Å². The quantitative estimate of drug-likeness (QED) is 0.714. The molecule has 0 aliphatic carbocycles. The lowest BCUT2D eigenvalue weighted by Gasteiger charge is -2.15. The molecule has 2 heterocycles. The fraction of sp³-hybridized carbons (Fsp3) is 0.400. The molecular formula is C10H11BrN2O3. The van der Waals surface area contributed by atoms with Gasteiger partial charge in [-0.15, -0.1) is 0 Å². The average molecular weight is 287 g/mol. The first-order valence-corrected chi connectivity index (χ1v) is 5.65. The number of rotatable bonds is 1. The first kappa shape index (κ1) is 11.5. The summed E-state index contributed by atoms with van der Waals surface area (Å²) >= 11 is 3.19. The highest BCUT2D eigenvalue weighted by Crippen LogP contribution is 2.18. The van der Waals surface area contributed by atoms with Crippen LogP contribution < -0.4 is 0 Å². The van der Waals surface area contributed by atoms with Crippen molar-refractivity contribution < 1.29 is 15.0 Å². The Hall–Kier alpha value is -0.980. The molecule has 0 unspecified atom stereocenters. The summed E-state index contributed by atoms with van der Waals surface area (Å²) in [5.74, 6) is -0.240. The minimum absolute atomic E-state index is 0.154. The van der Waals surface area contributed by atoms with Crippen LogP contribution in [0.1, 0.15) is 10.4 Å². The predicted octanol–water partition coefficient (Wildman–Crippen LogP) is 0.0217. The molecule has 2 N–H and O–H groups in total. The van der Waals surface area contributed by atoms with Crippen LogP contribution in [-0.2, 0) is 0 Å². The number of carbonyl (C=O) groups is 1. The second-order valence-corrected chi connectivity index (χ2v) is 4.44. The summed E-state index contributed by atoms with van der Waals surface area (Å²) in [7, 11) is 0. The lowest BCUT2D eigenvalue weighted by atomic mass is 10.2. The Morgan fingerprint density at radius 2 is 2.06 bits per heavy atom. The first-order valence-electron chi connectivity index (χ1n) is 4.85. The Bertz CT molecular complexity index is 403. The molecule has 86 valence electrons. The highest BCUT2D eigenvalue weighted by atomic mass is 79.9. The van der Waals surface area contributed by atoms with Gasteiger partial charge in [-0.05, 0) is 28.1 Å². The number of hydrogen-bond acceptors (Lipinski definition) is 4. The Kier molecular flexibility index (Phi) is 3.22. The Morgan fingerprint density at radius 3 is 2.62 bits per heavy atom. The molecule has 0 aromatic carbocycles. The largest absolute Gasteiger partial charge is 0.388 e. The number of aromatic nitrogens is 1. The number of halogens is 1.